The van der Waals surface area contributed by atoms with Crippen molar-refractivity contribution in [2.45, 2.75) is 42.5 Å². The number of ether oxygens (including phenoxy) is 3. The molecular formula is C34H35N3O9S2. The number of imide groups is 1. The van der Waals surface area contributed by atoms with Crippen molar-refractivity contribution in [1.82, 2.24) is 9.88 Å². The zero-order valence-electron chi connectivity index (χ0n) is 26.6. The maximum Gasteiger partial charge on any atom is 0.327 e. The highest BCUT2D eigenvalue weighted by Crippen LogP contribution is 2.68. The Kier molecular flexibility index (Phi) is 8.26. The van der Waals surface area contributed by atoms with Crippen LogP contribution in [0.25, 0.3) is 0 Å². The fourth-order valence-corrected chi connectivity index (χ4v) is 11.3. The maximum atomic E-state index is 13.9. The largest absolute Gasteiger partial charge is 0.497 e. The molecule has 3 heterocycles. The van der Waals surface area contributed by atoms with Gasteiger partial charge in [-0.1, -0.05) is 31.3 Å². The lowest BCUT2D eigenvalue weighted by molar-refractivity contribution is -0.157. The second-order valence-corrected chi connectivity index (χ2v) is 15.2. The molecule has 0 radical (unpaired) electrons. The maximum absolute atomic E-state index is 13.9. The van der Waals surface area contributed by atoms with Gasteiger partial charge in [0.1, 0.15) is 11.8 Å². The van der Waals surface area contributed by atoms with E-state index in [1.165, 1.54) is 7.11 Å². The molecule has 3 aromatic rings. The van der Waals surface area contributed by atoms with Crippen molar-refractivity contribution in [2.75, 3.05) is 26.1 Å². The molecule has 0 spiro atoms. The molecule has 3 N–H and O–H groups in total. The fourth-order valence-electron chi connectivity index (χ4n) is 8.39. The number of hydrogen-bond donors (Lipinski definition) is 3. The molecule has 7 rings (SSSR count). The van der Waals surface area contributed by atoms with Crippen LogP contribution in [0.5, 0.6) is 17.2 Å². The van der Waals surface area contributed by atoms with E-state index < -0.39 is 41.6 Å². The number of nitrogens with one attached hydrogen (secondary N) is 2. The molecule has 1 aromatic heterocycles. The topological polar surface area (TPSA) is 164 Å². The minimum atomic E-state index is -1.21. The van der Waals surface area contributed by atoms with Crippen LogP contribution in [0.4, 0.5) is 5.69 Å². The number of amides is 3. The molecule has 4 aliphatic rings. The molecule has 2 aliphatic heterocycles. The van der Waals surface area contributed by atoms with Crippen molar-refractivity contribution in [3.63, 3.8) is 0 Å². The van der Waals surface area contributed by atoms with Gasteiger partial charge in [0.05, 0.1) is 31.1 Å². The van der Waals surface area contributed by atoms with Gasteiger partial charge in [-0.2, -0.15) is 0 Å². The first-order chi connectivity index (χ1) is 23.0. The lowest BCUT2D eigenvalue weighted by atomic mass is 9.68. The Morgan fingerprint density at radius 3 is 2.35 bits per heavy atom. The SMILES string of the molecule is COc1ccc(NC(=O)COc2ccc([C@H]3c4sc(=O)[nH]c4SC4C5CC(C6C(=O)N(C(C(=O)O)C(C)C)C(=O)C56)C43)cc2OC)cc1. The van der Waals surface area contributed by atoms with Crippen molar-refractivity contribution in [2.24, 2.45) is 35.5 Å². The van der Waals surface area contributed by atoms with Crippen molar-refractivity contribution < 1.29 is 38.5 Å². The van der Waals surface area contributed by atoms with E-state index in [4.69, 9.17) is 14.2 Å². The number of aromatic nitrogens is 1. The minimum Gasteiger partial charge on any atom is -0.497 e. The second-order valence-electron chi connectivity index (χ2n) is 13.0. The molecule has 7 unspecified atom stereocenters. The quantitative estimate of drug-likeness (QED) is 0.264. The van der Waals surface area contributed by atoms with Crippen LogP contribution in [0.15, 0.2) is 52.3 Å². The Balaban J connectivity index is 1.17. The Morgan fingerprint density at radius 1 is 1.00 bits per heavy atom. The minimum absolute atomic E-state index is 0.0541. The van der Waals surface area contributed by atoms with Gasteiger partial charge >= 0.3 is 10.8 Å². The van der Waals surface area contributed by atoms with Gasteiger partial charge in [-0.15, -0.1) is 11.8 Å². The summed E-state index contributed by atoms with van der Waals surface area (Å²) in [6.45, 7) is 3.15. The number of H-pyrrole nitrogens is 1. The van der Waals surface area contributed by atoms with Gasteiger partial charge in [-0.25, -0.2) is 4.79 Å². The molecule has 2 bridgehead atoms. The Morgan fingerprint density at radius 2 is 1.71 bits per heavy atom. The number of carboxylic acid groups (broad SMARTS) is 1. The number of aromatic amines is 1. The summed E-state index contributed by atoms with van der Waals surface area (Å²) in [5.74, 6) is -3.15. The smallest absolute Gasteiger partial charge is 0.327 e. The first-order valence-electron chi connectivity index (χ1n) is 15.8. The number of likely N-dealkylation sites (tertiary alicyclic amines) is 1. The van der Waals surface area contributed by atoms with Crippen LogP contribution in [0.1, 0.15) is 36.6 Å². The normalized spacial score (nSPS) is 27.4. The molecular weight excluding hydrogens is 659 g/mol. The number of benzene rings is 2. The van der Waals surface area contributed by atoms with E-state index in [0.29, 0.717) is 29.4 Å². The summed E-state index contributed by atoms with van der Waals surface area (Å²) in [6, 6.07) is 11.2. The van der Waals surface area contributed by atoms with Crippen molar-refractivity contribution in [1.29, 1.82) is 0 Å². The van der Waals surface area contributed by atoms with E-state index in [1.54, 1.807) is 63.1 Å². The van der Waals surface area contributed by atoms with Gasteiger partial charge in [0.25, 0.3) is 5.91 Å². The van der Waals surface area contributed by atoms with Gasteiger partial charge in [0.2, 0.25) is 11.8 Å². The first kappa shape index (κ1) is 32.3. The van der Waals surface area contributed by atoms with E-state index in [9.17, 15) is 29.1 Å². The summed E-state index contributed by atoms with van der Waals surface area (Å²) in [5.41, 5.74) is 1.45. The third kappa shape index (κ3) is 5.16. The number of aliphatic carboxylic acids is 1. The average Bonchev–Trinajstić information content (AvgIpc) is 3.80. The zero-order valence-corrected chi connectivity index (χ0v) is 28.3. The number of anilines is 1. The third-order valence-electron chi connectivity index (χ3n) is 10.2. The molecule has 48 heavy (non-hydrogen) atoms. The summed E-state index contributed by atoms with van der Waals surface area (Å²) in [5, 5.41) is 13.4. The predicted octanol–water partition coefficient (Wildman–Crippen LogP) is 4.05. The lowest BCUT2D eigenvalue weighted by Crippen LogP contribution is -2.49. The van der Waals surface area contributed by atoms with Crippen LogP contribution in [-0.4, -0.2) is 70.8 Å². The highest BCUT2D eigenvalue weighted by atomic mass is 32.2. The van der Waals surface area contributed by atoms with E-state index in [0.717, 1.165) is 31.7 Å². The number of nitrogens with zero attached hydrogens (tertiary/aromatic N) is 1. The molecule has 2 aromatic carbocycles. The lowest BCUT2D eigenvalue weighted by Gasteiger charge is -2.43. The number of hydrogen-bond acceptors (Lipinski definition) is 10. The molecule has 1 saturated heterocycles. The van der Waals surface area contributed by atoms with Gasteiger partial charge in [0, 0.05) is 21.7 Å². The Labute approximate surface area is 284 Å². The number of carbonyl (C=O) groups excluding carboxylic acids is 3. The first-order valence-corrected chi connectivity index (χ1v) is 17.5. The zero-order chi connectivity index (χ0) is 34.0. The number of carbonyl (C=O) groups is 4. The average molecular weight is 694 g/mol. The second kappa shape index (κ2) is 12.3. The van der Waals surface area contributed by atoms with Gasteiger partial charge in [-0.3, -0.25) is 24.1 Å². The molecule has 12 nitrogen and oxygen atoms in total. The summed E-state index contributed by atoms with van der Waals surface area (Å²) in [7, 11) is 3.08. The number of carboxylic acids is 1. The molecule has 2 saturated carbocycles. The molecule has 14 heteroatoms. The Hall–Kier alpha value is -4.30. The van der Waals surface area contributed by atoms with E-state index in [-0.39, 0.29) is 46.3 Å². The van der Waals surface area contributed by atoms with Crippen molar-refractivity contribution in [3.05, 3.63) is 62.6 Å². The van der Waals surface area contributed by atoms with Crippen LogP contribution in [0.3, 0.4) is 0 Å². The highest BCUT2D eigenvalue weighted by Gasteiger charge is 2.70. The summed E-state index contributed by atoms with van der Waals surface area (Å²) in [4.78, 5) is 69.9. The van der Waals surface area contributed by atoms with E-state index >= 15 is 0 Å². The monoisotopic (exact) mass is 693 g/mol. The molecule has 2 aliphatic carbocycles. The number of rotatable bonds is 10. The molecule has 252 valence electrons. The number of fused-ring (bicyclic) bond motifs is 9. The highest BCUT2D eigenvalue weighted by molar-refractivity contribution is 8.00. The predicted molar refractivity (Wildman–Crippen MR) is 177 cm³/mol. The van der Waals surface area contributed by atoms with E-state index in [1.807, 2.05) is 12.1 Å². The van der Waals surface area contributed by atoms with Gasteiger partial charge in [0.15, 0.2) is 18.1 Å². The standard InChI is InChI=1S/C34H35N3O9S2/c1-14(2)27(33(41)42)37-31(39)25-18-12-19(26(25)32(37)40)28-24(18)23(29-30(47-28)36-34(43)48-29)15-5-10-20(21(11-15)45-4)46-13-22(38)35-16-6-8-17(44-3)9-7-16/h5-11,14,18-19,23-28H,12-13H2,1-4H3,(H,35,38)(H,36,43)(H,41,42)/t18?,19?,23-,24?,25?,26?,27?,28?/m1/s1. The van der Waals surface area contributed by atoms with Crippen molar-refractivity contribution in [3.8, 4) is 17.2 Å². The third-order valence-corrected chi connectivity index (χ3v) is 12.8. The summed E-state index contributed by atoms with van der Waals surface area (Å²) in [6.07, 6.45) is 0.680. The van der Waals surface area contributed by atoms with Crippen LogP contribution >= 0.6 is 23.1 Å². The van der Waals surface area contributed by atoms with Crippen LogP contribution in [-0.2, 0) is 19.2 Å². The molecule has 3 fully saturated rings. The molecule has 3 amide bonds. The van der Waals surface area contributed by atoms with Crippen molar-refractivity contribution >= 4 is 52.5 Å². The fraction of sp³-hybridized carbons (Fsp3) is 0.441. The van der Waals surface area contributed by atoms with Crippen LogP contribution in [0.2, 0.25) is 0 Å². The summed E-state index contributed by atoms with van der Waals surface area (Å²) < 4.78 is 16.7. The number of thiazole rings is 1. The van der Waals surface area contributed by atoms with E-state index in [2.05, 4.69) is 10.3 Å². The van der Waals surface area contributed by atoms with Crippen LogP contribution < -0.4 is 24.4 Å². The van der Waals surface area contributed by atoms with Gasteiger partial charge < -0.3 is 29.6 Å². The van der Waals surface area contributed by atoms with Crippen LogP contribution in [0, 0.1) is 35.5 Å². The van der Waals surface area contributed by atoms with Gasteiger partial charge in [-0.05, 0) is 72.1 Å². The number of thioether (sulfide) groups is 1. The Bertz CT molecular complexity index is 1850. The summed E-state index contributed by atoms with van der Waals surface area (Å²) >= 11 is 2.70. The number of methoxy groups -OCH3 is 2. The molecule has 8 atom stereocenters.